The average Bonchev–Trinajstić information content (AvgIpc) is 2.90. The van der Waals surface area contributed by atoms with Gasteiger partial charge in [0.2, 0.25) is 11.8 Å². The van der Waals surface area contributed by atoms with E-state index in [-0.39, 0.29) is 29.1 Å². The van der Waals surface area contributed by atoms with Crippen LogP contribution in [0, 0.1) is 0 Å². The van der Waals surface area contributed by atoms with Gasteiger partial charge in [-0.25, -0.2) is 8.42 Å². The molecule has 0 aromatic heterocycles. The van der Waals surface area contributed by atoms with E-state index in [0.29, 0.717) is 15.6 Å². The van der Waals surface area contributed by atoms with Gasteiger partial charge in [0.15, 0.2) is 0 Å². The molecule has 2 amide bonds. The van der Waals surface area contributed by atoms with Gasteiger partial charge in [0.05, 0.1) is 10.6 Å². The topological polar surface area (TPSA) is 86.8 Å². The molecule has 10 heteroatoms. The number of anilines is 1. The Bertz CT molecular complexity index is 1350. The Hall–Kier alpha value is -3.07. The van der Waals surface area contributed by atoms with Crippen LogP contribution in [0.3, 0.4) is 0 Å². The van der Waals surface area contributed by atoms with Gasteiger partial charge in [0.25, 0.3) is 10.0 Å². The Morgan fingerprint density at radius 3 is 2.16 bits per heavy atom. The number of sulfonamides is 1. The predicted octanol–water partition coefficient (Wildman–Crippen LogP) is 5.52. The molecule has 0 fully saturated rings. The lowest BCUT2D eigenvalue weighted by atomic mass is 10.1. The smallest absolute Gasteiger partial charge is 0.264 e. The number of halogens is 2. The lowest BCUT2D eigenvalue weighted by molar-refractivity contribution is -0.139. The van der Waals surface area contributed by atoms with E-state index in [2.05, 4.69) is 5.32 Å². The number of rotatable bonds is 11. The molecule has 38 heavy (non-hydrogen) atoms. The van der Waals surface area contributed by atoms with Gasteiger partial charge in [0, 0.05) is 22.6 Å². The molecule has 0 radical (unpaired) electrons. The van der Waals surface area contributed by atoms with E-state index in [0.717, 1.165) is 10.7 Å². The van der Waals surface area contributed by atoms with Gasteiger partial charge < -0.3 is 10.2 Å². The van der Waals surface area contributed by atoms with Crippen LogP contribution >= 0.6 is 23.2 Å². The maximum absolute atomic E-state index is 13.8. The predicted molar refractivity (Wildman–Crippen MR) is 152 cm³/mol. The molecule has 1 N–H and O–H groups in total. The number of amides is 2. The van der Waals surface area contributed by atoms with Crippen molar-refractivity contribution in [3.8, 4) is 0 Å². The first-order chi connectivity index (χ1) is 18.0. The largest absolute Gasteiger partial charge is 0.352 e. The molecule has 202 valence electrons. The summed E-state index contributed by atoms with van der Waals surface area (Å²) >= 11 is 12.2. The number of carbonyl (C=O) groups is 2. The molecule has 3 aromatic rings. The normalized spacial score (nSPS) is 12.9. The minimum Gasteiger partial charge on any atom is -0.352 e. The van der Waals surface area contributed by atoms with Crippen LogP contribution in [0.25, 0.3) is 0 Å². The van der Waals surface area contributed by atoms with E-state index in [9.17, 15) is 18.0 Å². The molecule has 3 rings (SSSR count). The lowest BCUT2D eigenvalue weighted by Crippen LogP contribution is -2.52. The van der Waals surface area contributed by atoms with Gasteiger partial charge >= 0.3 is 0 Å². The first-order valence-electron chi connectivity index (χ1n) is 12.2. The van der Waals surface area contributed by atoms with Gasteiger partial charge in [0.1, 0.15) is 12.6 Å². The van der Waals surface area contributed by atoms with E-state index in [1.54, 1.807) is 61.5 Å². The standard InChI is InChI=1S/C28H31Cl2N3O4S/c1-4-20(2)31-28(35)21(3)32(18-22-9-8-10-24(30)17-22)27(34)19-33(25-15-13-23(29)14-16-25)38(36,37)26-11-6-5-7-12-26/h5-17,20-21H,4,18-19H2,1-3H3,(H,31,35). The molecular formula is C28H31Cl2N3O4S. The van der Waals surface area contributed by atoms with E-state index in [4.69, 9.17) is 23.2 Å². The second-order valence-electron chi connectivity index (χ2n) is 8.95. The summed E-state index contributed by atoms with van der Waals surface area (Å²) in [5, 5.41) is 3.82. The summed E-state index contributed by atoms with van der Waals surface area (Å²) < 4.78 is 28.4. The van der Waals surface area contributed by atoms with E-state index in [1.807, 2.05) is 13.8 Å². The highest BCUT2D eigenvalue weighted by atomic mass is 35.5. The molecule has 0 heterocycles. The third-order valence-corrected chi connectivity index (χ3v) is 8.41. The Morgan fingerprint density at radius 2 is 1.55 bits per heavy atom. The number of nitrogens with one attached hydrogen (secondary N) is 1. The number of carbonyl (C=O) groups excluding carboxylic acids is 2. The highest BCUT2D eigenvalue weighted by molar-refractivity contribution is 7.92. The fourth-order valence-corrected chi connectivity index (χ4v) is 5.51. The molecule has 0 spiro atoms. The number of nitrogens with zero attached hydrogens (tertiary/aromatic N) is 2. The van der Waals surface area contributed by atoms with Crippen LogP contribution in [0.2, 0.25) is 10.0 Å². The number of hydrogen-bond donors (Lipinski definition) is 1. The second-order valence-corrected chi connectivity index (χ2v) is 11.7. The van der Waals surface area contributed by atoms with Crippen LogP contribution in [0.4, 0.5) is 5.69 Å². The van der Waals surface area contributed by atoms with Crippen molar-refractivity contribution in [1.29, 1.82) is 0 Å². The summed E-state index contributed by atoms with van der Waals surface area (Å²) in [5.74, 6) is -0.884. The van der Waals surface area contributed by atoms with E-state index < -0.39 is 28.5 Å². The highest BCUT2D eigenvalue weighted by Crippen LogP contribution is 2.26. The Kier molecular flexibility index (Phi) is 10.2. The quantitative estimate of drug-likeness (QED) is 0.326. The van der Waals surface area contributed by atoms with Crippen LogP contribution in [0.15, 0.2) is 83.8 Å². The van der Waals surface area contributed by atoms with Gasteiger partial charge in [-0.3, -0.25) is 13.9 Å². The molecule has 0 bridgehead atoms. The lowest BCUT2D eigenvalue weighted by Gasteiger charge is -2.32. The Labute approximate surface area is 234 Å². The summed E-state index contributed by atoms with van der Waals surface area (Å²) in [6.07, 6.45) is 0.723. The molecule has 0 aliphatic carbocycles. The summed E-state index contributed by atoms with van der Waals surface area (Å²) in [6.45, 7) is 4.98. The average molecular weight is 577 g/mol. The van der Waals surface area contributed by atoms with Gasteiger partial charge in [-0.1, -0.05) is 60.5 Å². The van der Waals surface area contributed by atoms with Crippen molar-refractivity contribution in [2.75, 3.05) is 10.8 Å². The molecule has 0 saturated carbocycles. The molecule has 2 atom stereocenters. The van der Waals surface area contributed by atoms with Crippen molar-refractivity contribution in [2.45, 2.75) is 50.7 Å². The minimum absolute atomic E-state index is 0.0340. The van der Waals surface area contributed by atoms with Crippen molar-refractivity contribution in [1.82, 2.24) is 10.2 Å². The zero-order valence-electron chi connectivity index (χ0n) is 21.5. The van der Waals surface area contributed by atoms with E-state index >= 15 is 0 Å². The Balaban J connectivity index is 2.01. The molecule has 3 aromatic carbocycles. The highest BCUT2D eigenvalue weighted by Gasteiger charge is 2.32. The monoisotopic (exact) mass is 575 g/mol. The van der Waals surface area contributed by atoms with Crippen LogP contribution < -0.4 is 9.62 Å². The fourth-order valence-electron chi connectivity index (χ4n) is 3.74. The van der Waals surface area contributed by atoms with Gasteiger partial charge in [-0.05, 0) is 74.4 Å². The van der Waals surface area contributed by atoms with Crippen molar-refractivity contribution >= 4 is 50.7 Å². The molecule has 0 saturated heterocycles. The number of hydrogen-bond acceptors (Lipinski definition) is 4. The summed E-state index contributed by atoms with van der Waals surface area (Å²) in [6, 6.07) is 20.1. The SMILES string of the molecule is CCC(C)NC(=O)C(C)N(Cc1cccc(Cl)c1)C(=O)CN(c1ccc(Cl)cc1)S(=O)(=O)c1ccccc1. The van der Waals surface area contributed by atoms with Crippen LogP contribution in [0.5, 0.6) is 0 Å². The fraction of sp³-hybridized carbons (Fsp3) is 0.286. The van der Waals surface area contributed by atoms with Crippen LogP contribution in [-0.4, -0.2) is 43.8 Å². The van der Waals surface area contributed by atoms with Crippen molar-refractivity contribution in [3.63, 3.8) is 0 Å². The van der Waals surface area contributed by atoms with Crippen LogP contribution in [-0.2, 0) is 26.2 Å². The van der Waals surface area contributed by atoms with Crippen molar-refractivity contribution in [3.05, 3.63) is 94.5 Å². The summed E-state index contributed by atoms with van der Waals surface area (Å²) in [5.41, 5.74) is 0.976. The summed E-state index contributed by atoms with van der Waals surface area (Å²) in [7, 11) is -4.12. The van der Waals surface area contributed by atoms with E-state index in [1.165, 1.54) is 29.2 Å². The van der Waals surface area contributed by atoms with Crippen molar-refractivity contribution in [2.24, 2.45) is 0 Å². The number of benzene rings is 3. The van der Waals surface area contributed by atoms with Gasteiger partial charge in [-0.2, -0.15) is 0 Å². The van der Waals surface area contributed by atoms with Gasteiger partial charge in [-0.15, -0.1) is 0 Å². The Morgan fingerprint density at radius 1 is 0.895 bits per heavy atom. The zero-order chi connectivity index (χ0) is 27.9. The maximum atomic E-state index is 13.8. The zero-order valence-corrected chi connectivity index (χ0v) is 23.8. The third kappa shape index (κ3) is 7.49. The van der Waals surface area contributed by atoms with Crippen LogP contribution in [0.1, 0.15) is 32.8 Å². The molecule has 7 nitrogen and oxygen atoms in total. The second kappa shape index (κ2) is 13.1. The third-order valence-electron chi connectivity index (χ3n) is 6.13. The molecule has 2 unspecified atom stereocenters. The molecular weight excluding hydrogens is 545 g/mol. The maximum Gasteiger partial charge on any atom is 0.264 e. The first-order valence-corrected chi connectivity index (χ1v) is 14.4. The summed E-state index contributed by atoms with van der Waals surface area (Å²) in [4.78, 5) is 28.3. The minimum atomic E-state index is -4.12. The van der Waals surface area contributed by atoms with Crippen molar-refractivity contribution < 1.29 is 18.0 Å². The molecule has 0 aliphatic rings. The molecule has 0 aliphatic heterocycles. The first kappa shape index (κ1) is 29.5.